The predicted molar refractivity (Wildman–Crippen MR) is 161 cm³/mol. The standard InChI is InChI=1S/C31H19Cl2N3O5S/c1-15-27(16(2)37)42-30(34-15)36-28(39)26-24(25(38)19-13-18(32)11-12-23(19)41-26)31(36)20-8-4-6-10-22(20)35(29(31)40)14-17-7-3-5-9-21(17)33/h3-13H,14H2,1-2H3. The Balaban J connectivity index is 1.57. The van der Waals surface area contributed by atoms with Gasteiger partial charge >= 0.3 is 0 Å². The van der Waals surface area contributed by atoms with Crippen LogP contribution in [0.3, 0.4) is 0 Å². The minimum Gasteiger partial charge on any atom is -0.450 e. The van der Waals surface area contributed by atoms with Gasteiger partial charge in [0.05, 0.1) is 33.8 Å². The highest BCUT2D eigenvalue weighted by molar-refractivity contribution is 7.17. The van der Waals surface area contributed by atoms with Gasteiger partial charge in [0.25, 0.3) is 11.8 Å². The first kappa shape index (κ1) is 26.6. The summed E-state index contributed by atoms with van der Waals surface area (Å²) in [5, 5.41) is 0.985. The SMILES string of the molecule is CC(=O)c1sc(N2C(=O)c3oc4ccc(Cl)cc4c(=O)c3C23C(=O)N(Cc2ccccc2Cl)c2ccccc23)nc1C. The largest absolute Gasteiger partial charge is 0.450 e. The number of carbonyl (C=O) groups is 3. The second-order valence-corrected chi connectivity index (χ2v) is 11.9. The molecule has 0 fully saturated rings. The molecule has 0 radical (unpaired) electrons. The van der Waals surface area contributed by atoms with E-state index >= 15 is 0 Å². The molecule has 42 heavy (non-hydrogen) atoms. The molecule has 3 aromatic carbocycles. The average Bonchev–Trinajstić information content (AvgIpc) is 3.55. The number of ketones is 1. The Bertz CT molecular complexity index is 2090. The third kappa shape index (κ3) is 3.51. The summed E-state index contributed by atoms with van der Waals surface area (Å²) in [5.41, 5.74) is -0.509. The number of amides is 2. The number of para-hydroxylation sites is 1. The Labute approximate surface area is 252 Å². The highest BCUT2D eigenvalue weighted by Crippen LogP contribution is 2.55. The van der Waals surface area contributed by atoms with Crippen LogP contribution >= 0.6 is 34.5 Å². The molecular formula is C31H19Cl2N3O5S. The lowest BCUT2D eigenvalue weighted by molar-refractivity contribution is -0.121. The van der Waals surface area contributed by atoms with E-state index < -0.39 is 22.8 Å². The van der Waals surface area contributed by atoms with Crippen molar-refractivity contribution in [1.29, 1.82) is 0 Å². The van der Waals surface area contributed by atoms with E-state index in [9.17, 15) is 19.2 Å². The van der Waals surface area contributed by atoms with Crippen LogP contribution in [-0.4, -0.2) is 22.6 Å². The fourth-order valence-electron chi connectivity index (χ4n) is 5.89. The maximum atomic E-state index is 15.0. The topological polar surface area (TPSA) is 101 Å². The van der Waals surface area contributed by atoms with Crippen molar-refractivity contribution in [3.63, 3.8) is 0 Å². The molecule has 0 saturated carbocycles. The highest BCUT2D eigenvalue weighted by Gasteiger charge is 2.66. The van der Waals surface area contributed by atoms with Crippen LogP contribution in [0.2, 0.25) is 10.0 Å². The maximum absolute atomic E-state index is 15.0. The van der Waals surface area contributed by atoms with Crippen LogP contribution in [0.5, 0.6) is 0 Å². The maximum Gasteiger partial charge on any atom is 0.297 e. The van der Waals surface area contributed by atoms with Crippen molar-refractivity contribution in [1.82, 2.24) is 4.98 Å². The van der Waals surface area contributed by atoms with Crippen molar-refractivity contribution >= 4 is 73.9 Å². The quantitative estimate of drug-likeness (QED) is 0.213. The van der Waals surface area contributed by atoms with Gasteiger partial charge in [-0.15, -0.1) is 0 Å². The molecule has 11 heteroatoms. The number of anilines is 2. The highest BCUT2D eigenvalue weighted by atomic mass is 35.5. The van der Waals surface area contributed by atoms with Crippen LogP contribution < -0.4 is 15.2 Å². The van der Waals surface area contributed by atoms with E-state index in [1.54, 1.807) is 49.4 Å². The second kappa shape index (κ2) is 9.35. The summed E-state index contributed by atoms with van der Waals surface area (Å²) >= 11 is 13.7. The van der Waals surface area contributed by atoms with E-state index in [-0.39, 0.29) is 39.8 Å². The summed E-state index contributed by atoms with van der Waals surface area (Å²) in [6, 6.07) is 18.6. The molecule has 2 aromatic heterocycles. The number of halogens is 2. The molecule has 7 rings (SSSR count). The number of thiazole rings is 1. The second-order valence-electron chi connectivity index (χ2n) is 10.1. The van der Waals surface area contributed by atoms with Crippen LogP contribution in [0, 0.1) is 6.92 Å². The lowest BCUT2D eigenvalue weighted by atomic mass is 9.84. The minimum absolute atomic E-state index is 0.0783. The van der Waals surface area contributed by atoms with E-state index in [0.29, 0.717) is 37.4 Å². The molecule has 0 bridgehead atoms. The number of hydrogen-bond acceptors (Lipinski definition) is 7. The van der Waals surface area contributed by atoms with Gasteiger partial charge in [0.15, 0.2) is 21.9 Å². The van der Waals surface area contributed by atoms with Crippen LogP contribution in [0.25, 0.3) is 11.0 Å². The third-order valence-corrected chi connectivity index (χ3v) is 9.52. The zero-order chi connectivity index (χ0) is 29.5. The summed E-state index contributed by atoms with van der Waals surface area (Å²) in [6.45, 7) is 3.14. The van der Waals surface area contributed by atoms with Crippen LogP contribution in [0.4, 0.5) is 10.8 Å². The summed E-state index contributed by atoms with van der Waals surface area (Å²) in [7, 11) is 0. The van der Waals surface area contributed by atoms with Crippen molar-refractivity contribution in [2.45, 2.75) is 25.9 Å². The molecule has 208 valence electrons. The molecule has 0 saturated heterocycles. The fraction of sp³-hybridized carbons (Fsp3) is 0.129. The van der Waals surface area contributed by atoms with Crippen molar-refractivity contribution in [3.05, 3.63) is 120 Å². The molecule has 2 aliphatic rings. The molecule has 1 unspecified atom stereocenters. The van der Waals surface area contributed by atoms with Gasteiger partial charge in [-0.3, -0.25) is 24.1 Å². The summed E-state index contributed by atoms with van der Waals surface area (Å²) in [5.74, 6) is -1.77. The van der Waals surface area contributed by atoms with Crippen molar-refractivity contribution in [2.24, 2.45) is 0 Å². The first-order chi connectivity index (χ1) is 20.1. The van der Waals surface area contributed by atoms with Gasteiger partial charge in [-0.1, -0.05) is 70.9 Å². The number of nitrogens with zero attached hydrogens (tertiary/aromatic N) is 3. The molecule has 2 aliphatic heterocycles. The van der Waals surface area contributed by atoms with Crippen LogP contribution in [0.15, 0.2) is 75.9 Å². The number of aromatic nitrogens is 1. The summed E-state index contributed by atoms with van der Waals surface area (Å²) in [6.07, 6.45) is 0. The normalized spacial score (nSPS) is 17.4. The monoisotopic (exact) mass is 615 g/mol. The first-order valence-electron chi connectivity index (χ1n) is 12.9. The molecule has 1 atom stereocenters. The van der Waals surface area contributed by atoms with Gasteiger partial charge < -0.3 is 9.32 Å². The van der Waals surface area contributed by atoms with E-state index in [4.69, 9.17) is 27.6 Å². The van der Waals surface area contributed by atoms with Gasteiger partial charge in [-0.05, 0) is 42.8 Å². The number of aryl methyl sites for hydroxylation is 1. The minimum atomic E-state index is -1.96. The number of hydrogen-bond donors (Lipinski definition) is 0. The molecule has 4 heterocycles. The number of fused-ring (bicyclic) bond motifs is 5. The van der Waals surface area contributed by atoms with Gasteiger partial charge in [-0.2, -0.15) is 0 Å². The Morgan fingerprint density at radius 3 is 2.50 bits per heavy atom. The Morgan fingerprint density at radius 1 is 1.02 bits per heavy atom. The van der Waals surface area contributed by atoms with Crippen molar-refractivity contribution in [2.75, 3.05) is 9.80 Å². The third-order valence-electron chi connectivity index (χ3n) is 7.67. The van der Waals surface area contributed by atoms with Crippen molar-refractivity contribution in [3.8, 4) is 0 Å². The van der Waals surface area contributed by atoms with Gasteiger partial charge in [0.2, 0.25) is 5.76 Å². The Kier molecular flexibility index (Phi) is 5.92. The molecule has 1 spiro atoms. The van der Waals surface area contributed by atoms with Crippen LogP contribution in [0.1, 0.15) is 49.5 Å². The number of rotatable bonds is 4. The number of benzene rings is 3. The van der Waals surface area contributed by atoms with Gasteiger partial charge in [-0.25, -0.2) is 4.98 Å². The number of Topliss-reactive ketones (excluding diaryl/α,β-unsaturated/α-hetero) is 1. The average molecular weight is 616 g/mol. The van der Waals surface area contributed by atoms with Gasteiger partial charge in [0, 0.05) is 22.5 Å². The van der Waals surface area contributed by atoms with E-state index in [1.165, 1.54) is 28.9 Å². The molecule has 2 amide bonds. The zero-order valence-corrected chi connectivity index (χ0v) is 24.4. The first-order valence-corrected chi connectivity index (χ1v) is 14.5. The molecular weight excluding hydrogens is 597 g/mol. The molecule has 0 N–H and O–H groups in total. The summed E-state index contributed by atoms with van der Waals surface area (Å²) in [4.78, 5) is 63.7. The van der Waals surface area contributed by atoms with E-state index in [0.717, 1.165) is 11.3 Å². The lowest BCUT2D eigenvalue weighted by Crippen LogP contribution is -2.53. The summed E-state index contributed by atoms with van der Waals surface area (Å²) < 4.78 is 6.08. The lowest BCUT2D eigenvalue weighted by Gasteiger charge is -2.32. The predicted octanol–water partition coefficient (Wildman–Crippen LogP) is 6.52. The molecule has 5 aromatic rings. The molecule has 8 nitrogen and oxygen atoms in total. The fourth-order valence-corrected chi connectivity index (χ4v) is 7.27. The van der Waals surface area contributed by atoms with Crippen LogP contribution in [-0.2, 0) is 16.9 Å². The number of carbonyl (C=O) groups excluding carboxylic acids is 3. The van der Waals surface area contributed by atoms with Gasteiger partial charge in [0.1, 0.15) is 5.58 Å². The van der Waals surface area contributed by atoms with E-state index in [2.05, 4.69) is 4.98 Å². The Morgan fingerprint density at radius 2 is 1.76 bits per heavy atom. The Hall–Kier alpha value is -4.31. The molecule has 0 aliphatic carbocycles. The zero-order valence-electron chi connectivity index (χ0n) is 22.1. The van der Waals surface area contributed by atoms with Crippen molar-refractivity contribution < 1.29 is 18.8 Å². The van der Waals surface area contributed by atoms with E-state index in [1.807, 2.05) is 12.1 Å². The smallest absolute Gasteiger partial charge is 0.297 e.